The largest absolute Gasteiger partial charge is 0.467 e. The monoisotopic (exact) mass is 305 g/mol. The van der Waals surface area contributed by atoms with E-state index in [0.717, 1.165) is 6.54 Å². The normalized spacial score (nSPS) is 10.9. The number of carbonyl (C=O) groups excluding carboxylic acids is 1. The summed E-state index contributed by atoms with van der Waals surface area (Å²) in [5.74, 6) is 0.265. The molecule has 0 unspecified atom stereocenters. The molecule has 0 bridgehead atoms. The van der Waals surface area contributed by atoms with Gasteiger partial charge in [0.25, 0.3) is 0 Å². The van der Waals surface area contributed by atoms with Gasteiger partial charge in [0.15, 0.2) is 0 Å². The standard InChI is InChI=1S/C16H19NO3S/c1-17(10-12-4-6-13(21-3)7-5-12)11-15-14(8-9-20-15)16(18)19-2/h4-9H,10-11H2,1-3H3. The van der Waals surface area contributed by atoms with Gasteiger partial charge in [-0.25, -0.2) is 4.79 Å². The van der Waals surface area contributed by atoms with Crippen LogP contribution >= 0.6 is 11.8 Å². The van der Waals surface area contributed by atoms with Gasteiger partial charge in [-0.3, -0.25) is 4.90 Å². The molecule has 0 aliphatic heterocycles. The Morgan fingerprint density at radius 1 is 1.24 bits per heavy atom. The van der Waals surface area contributed by atoms with Crippen molar-refractivity contribution in [3.8, 4) is 0 Å². The van der Waals surface area contributed by atoms with Crippen LogP contribution in [0, 0.1) is 0 Å². The Morgan fingerprint density at radius 3 is 2.57 bits per heavy atom. The highest BCUT2D eigenvalue weighted by molar-refractivity contribution is 7.98. The summed E-state index contributed by atoms with van der Waals surface area (Å²) in [7, 11) is 3.36. The molecular formula is C16H19NO3S. The number of benzene rings is 1. The molecule has 5 heteroatoms. The van der Waals surface area contributed by atoms with E-state index >= 15 is 0 Å². The van der Waals surface area contributed by atoms with Gasteiger partial charge in [-0.2, -0.15) is 0 Å². The highest BCUT2D eigenvalue weighted by Crippen LogP contribution is 2.18. The summed E-state index contributed by atoms with van der Waals surface area (Å²) in [5.41, 5.74) is 1.71. The fourth-order valence-corrected chi connectivity index (χ4v) is 2.51. The van der Waals surface area contributed by atoms with Gasteiger partial charge in [0.2, 0.25) is 0 Å². The Kier molecular flexibility index (Phi) is 5.47. The van der Waals surface area contributed by atoms with Crippen LogP contribution in [0.4, 0.5) is 0 Å². The van der Waals surface area contributed by atoms with Crippen molar-refractivity contribution in [2.75, 3.05) is 20.4 Å². The molecule has 0 atom stereocenters. The molecule has 0 saturated carbocycles. The van der Waals surface area contributed by atoms with E-state index in [4.69, 9.17) is 9.15 Å². The molecule has 4 nitrogen and oxygen atoms in total. The maximum atomic E-state index is 11.6. The number of thioether (sulfide) groups is 1. The molecule has 1 heterocycles. The minimum Gasteiger partial charge on any atom is -0.467 e. The SMILES string of the molecule is COC(=O)c1ccoc1CN(C)Cc1ccc(SC)cc1. The van der Waals surface area contributed by atoms with Crippen molar-refractivity contribution in [3.63, 3.8) is 0 Å². The van der Waals surface area contributed by atoms with E-state index in [0.29, 0.717) is 17.9 Å². The van der Waals surface area contributed by atoms with Gasteiger partial charge in [-0.15, -0.1) is 11.8 Å². The predicted molar refractivity (Wildman–Crippen MR) is 83.4 cm³/mol. The number of esters is 1. The molecule has 0 aliphatic rings. The lowest BCUT2D eigenvalue weighted by Crippen LogP contribution is -2.18. The van der Waals surface area contributed by atoms with Crippen molar-refractivity contribution in [1.82, 2.24) is 4.90 Å². The third-order valence-corrected chi connectivity index (χ3v) is 3.92. The number of hydrogen-bond acceptors (Lipinski definition) is 5. The van der Waals surface area contributed by atoms with E-state index in [9.17, 15) is 4.79 Å². The molecular weight excluding hydrogens is 286 g/mol. The number of carbonyl (C=O) groups is 1. The Bertz CT molecular complexity index is 592. The van der Waals surface area contributed by atoms with Gasteiger partial charge in [-0.05, 0) is 37.1 Å². The van der Waals surface area contributed by atoms with Crippen molar-refractivity contribution in [1.29, 1.82) is 0 Å². The second-order valence-electron chi connectivity index (χ2n) is 4.77. The molecule has 21 heavy (non-hydrogen) atoms. The van der Waals surface area contributed by atoms with Crippen LogP contribution < -0.4 is 0 Å². The zero-order valence-electron chi connectivity index (χ0n) is 12.5. The Hall–Kier alpha value is -1.72. The summed E-state index contributed by atoms with van der Waals surface area (Å²) in [6.45, 7) is 1.34. The van der Waals surface area contributed by atoms with Crippen LogP contribution in [0.5, 0.6) is 0 Å². The first-order valence-electron chi connectivity index (χ1n) is 6.60. The number of ether oxygens (including phenoxy) is 1. The molecule has 0 amide bonds. The van der Waals surface area contributed by atoms with Gasteiger partial charge in [0.1, 0.15) is 11.3 Å². The van der Waals surface area contributed by atoms with E-state index in [1.807, 2.05) is 7.05 Å². The average Bonchev–Trinajstić information content (AvgIpc) is 2.95. The molecule has 0 N–H and O–H groups in total. The van der Waals surface area contributed by atoms with Crippen molar-refractivity contribution >= 4 is 17.7 Å². The summed E-state index contributed by atoms with van der Waals surface area (Å²) in [6, 6.07) is 10.1. The van der Waals surface area contributed by atoms with Crippen LogP contribution in [0.3, 0.4) is 0 Å². The number of methoxy groups -OCH3 is 1. The Balaban J connectivity index is 1.99. The van der Waals surface area contributed by atoms with Crippen LogP contribution in [0.15, 0.2) is 45.9 Å². The zero-order valence-corrected chi connectivity index (χ0v) is 13.3. The first-order chi connectivity index (χ1) is 10.1. The molecule has 0 aliphatic carbocycles. The molecule has 0 fully saturated rings. The van der Waals surface area contributed by atoms with E-state index in [1.165, 1.54) is 23.8 Å². The van der Waals surface area contributed by atoms with Gasteiger partial charge in [-0.1, -0.05) is 12.1 Å². The summed E-state index contributed by atoms with van der Waals surface area (Å²) in [6.07, 6.45) is 3.58. The number of hydrogen-bond donors (Lipinski definition) is 0. The summed E-state index contributed by atoms with van der Waals surface area (Å²) < 4.78 is 10.1. The fraction of sp³-hybridized carbons (Fsp3) is 0.312. The van der Waals surface area contributed by atoms with Gasteiger partial charge in [0.05, 0.1) is 19.9 Å². The number of furan rings is 1. The molecule has 2 aromatic rings. The van der Waals surface area contributed by atoms with Crippen molar-refractivity contribution in [3.05, 3.63) is 53.5 Å². The first-order valence-corrected chi connectivity index (χ1v) is 7.82. The first kappa shape index (κ1) is 15.7. The highest BCUT2D eigenvalue weighted by Gasteiger charge is 2.16. The molecule has 0 radical (unpaired) electrons. The van der Waals surface area contributed by atoms with Crippen LogP contribution in [0.1, 0.15) is 21.7 Å². The predicted octanol–water partition coefficient (Wildman–Crippen LogP) is 3.42. The quantitative estimate of drug-likeness (QED) is 0.604. The summed E-state index contributed by atoms with van der Waals surface area (Å²) >= 11 is 1.73. The lowest BCUT2D eigenvalue weighted by molar-refractivity contribution is 0.0596. The van der Waals surface area contributed by atoms with Crippen LogP contribution in [0.25, 0.3) is 0 Å². The Morgan fingerprint density at radius 2 is 1.95 bits per heavy atom. The van der Waals surface area contributed by atoms with Crippen LogP contribution in [0.2, 0.25) is 0 Å². The molecule has 112 valence electrons. The molecule has 0 saturated heterocycles. The average molecular weight is 305 g/mol. The smallest absolute Gasteiger partial charge is 0.341 e. The van der Waals surface area contributed by atoms with Crippen LogP contribution in [-0.4, -0.2) is 31.3 Å². The van der Waals surface area contributed by atoms with E-state index in [1.54, 1.807) is 17.8 Å². The maximum absolute atomic E-state index is 11.6. The lowest BCUT2D eigenvalue weighted by atomic mass is 10.2. The third kappa shape index (κ3) is 4.12. The minimum absolute atomic E-state index is 0.364. The van der Waals surface area contributed by atoms with Crippen molar-refractivity contribution in [2.45, 2.75) is 18.0 Å². The maximum Gasteiger partial charge on any atom is 0.341 e. The Labute approximate surface area is 129 Å². The number of nitrogens with zero attached hydrogens (tertiary/aromatic N) is 1. The van der Waals surface area contributed by atoms with E-state index < -0.39 is 0 Å². The van der Waals surface area contributed by atoms with Crippen molar-refractivity contribution < 1.29 is 13.9 Å². The second kappa shape index (κ2) is 7.33. The van der Waals surface area contributed by atoms with Gasteiger partial charge >= 0.3 is 5.97 Å². The van der Waals surface area contributed by atoms with Gasteiger partial charge < -0.3 is 9.15 Å². The second-order valence-corrected chi connectivity index (χ2v) is 5.65. The van der Waals surface area contributed by atoms with E-state index in [2.05, 4.69) is 35.4 Å². The zero-order chi connectivity index (χ0) is 15.2. The molecule has 1 aromatic heterocycles. The molecule has 1 aromatic carbocycles. The highest BCUT2D eigenvalue weighted by atomic mass is 32.2. The minimum atomic E-state index is -0.364. The van der Waals surface area contributed by atoms with Crippen LogP contribution in [-0.2, 0) is 17.8 Å². The van der Waals surface area contributed by atoms with Gasteiger partial charge in [0, 0.05) is 11.4 Å². The van der Waals surface area contributed by atoms with Crippen molar-refractivity contribution in [2.24, 2.45) is 0 Å². The van der Waals surface area contributed by atoms with E-state index in [-0.39, 0.29) is 5.97 Å². The summed E-state index contributed by atoms with van der Waals surface area (Å²) in [5, 5.41) is 0. The summed E-state index contributed by atoms with van der Waals surface area (Å²) in [4.78, 5) is 14.9. The third-order valence-electron chi connectivity index (χ3n) is 3.18. The topological polar surface area (TPSA) is 42.7 Å². The molecule has 0 spiro atoms. The number of rotatable bonds is 6. The molecule has 2 rings (SSSR count). The lowest BCUT2D eigenvalue weighted by Gasteiger charge is -2.16. The fourth-order valence-electron chi connectivity index (χ4n) is 2.10.